The van der Waals surface area contributed by atoms with Crippen molar-refractivity contribution in [1.82, 2.24) is 0 Å². The monoisotopic (exact) mass is 216 g/mol. The van der Waals surface area contributed by atoms with Crippen LogP contribution in [0.3, 0.4) is 0 Å². The Morgan fingerprint density at radius 2 is 2.31 bits per heavy atom. The molecular weight excluding hydrogens is 204 g/mol. The third kappa shape index (κ3) is 7.80. The molecule has 0 aromatic carbocycles. The standard InChI is InChI=1S/C8H12O3SSi/c1-3-7(9)11-5-4-8(10)12-6-13-2/h3H,1,4-6H2,2H3. The predicted octanol–water partition coefficient (Wildman–Crippen LogP) is 1.08. The van der Waals surface area contributed by atoms with Gasteiger partial charge >= 0.3 is 5.97 Å². The molecule has 0 rings (SSSR count). The third-order valence-electron chi connectivity index (χ3n) is 1.09. The highest BCUT2D eigenvalue weighted by Crippen LogP contribution is 2.03. The van der Waals surface area contributed by atoms with E-state index in [1.54, 1.807) is 0 Å². The second kappa shape index (κ2) is 8.06. The molecule has 0 unspecified atom stereocenters. The summed E-state index contributed by atoms with van der Waals surface area (Å²) in [5, 5.41) is 0.931. The molecule has 0 aromatic rings. The van der Waals surface area contributed by atoms with E-state index in [-0.39, 0.29) is 18.1 Å². The first kappa shape index (κ1) is 12.4. The zero-order valence-electron chi connectivity index (χ0n) is 7.54. The van der Waals surface area contributed by atoms with Crippen LogP contribution in [0.1, 0.15) is 6.42 Å². The average molecular weight is 216 g/mol. The summed E-state index contributed by atoms with van der Waals surface area (Å²) < 4.78 is 4.65. The lowest BCUT2D eigenvalue weighted by atomic mass is 10.5. The van der Waals surface area contributed by atoms with Crippen LogP contribution in [-0.4, -0.2) is 32.6 Å². The average Bonchev–Trinajstić information content (AvgIpc) is 2.14. The lowest BCUT2D eigenvalue weighted by molar-refractivity contribution is -0.138. The first-order valence-corrected chi connectivity index (χ1v) is 6.49. The maximum atomic E-state index is 11.0. The van der Waals surface area contributed by atoms with Crippen LogP contribution < -0.4 is 0 Å². The van der Waals surface area contributed by atoms with E-state index in [4.69, 9.17) is 0 Å². The smallest absolute Gasteiger partial charge is 0.330 e. The van der Waals surface area contributed by atoms with Gasteiger partial charge in [-0.05, 0) is 5.38 Å². The van der Waals surface area contributed by atoms with Crippen molar-refractivity contribution < 1.29 is 14.3 Å². The van der Waals surface area contributed by atoms with Gasteiger partial charge in [-0.25, -0.2) is 4.79 Å². The molecule has 0 atom stereocenters. The Kier molecular flexibility index (Phi) is 7.72. The van der Waals surface area contributed by atoms with Crippen molar-refractivity contribution in [2.24, 2.45) is 0 Å². The molecule has 0 amide bonds. The Labute approximate surface area is 84.7 Å². The summed E-state index contributed by atoms with van der Waals surface area (Å²) in [5.41, 5.74) is 0. The largest absolute Gasteiger partial charge is 0.462 e. The van der Waals surface area contributed by atoms with E-state index in [1.807, 2.05) is 6.55 Å². The fourth-order valence-corrected chi connectivity index (χ4v) is 1.97. The third-order valence-corrected chi connectivity index (χ3v) is 3.35. The van der Waals surface area contributed by atoms with Gasteiger partial charge in [-0.15, -0.1) is 0 Å². The summed E-state index contributed by atoms with van der Waals surface area (Å²) in [6.07, 6.45) is 1.37. The van der Waals surface area contributed by atoms with Crippen LogP contribution in [-0.2, 0) is 14.3 Å². The highest BCUT2D eigenvalue weighted by molar-refractivity contribution is 8.14. The van der Waals surface area contributed by atoms with Crippen molar-refractivity contribution in [3.8, 4) is 0 Å². The summed E-state index contributed by atoms with van der Waals surface area (Å²) >= 11 is 1.29. The van der Waals surface area contributed by atoms with Gasteiger partial charge in [0.15, 0.2) is 5.12 Å². The number of ether oxygens (including phenoxy) is 1. The van der Waals surface area contributed by atoms with Gasteiger partial charge in [0.05, 0.1) is 13.0 Å². The van der Waals surface area contributed by atoms with Crippen LogP contribution in [0, 0.1) is 0 Å². The van der Waals surface area contributed by atoms with Crippen molar-refractivity contribution in [3.05, 3.63) is 12.7 Å². The molecule has 3 nitrogen and oxygen atoms in total. The van der Waals surface area contributed by atoms with Crippen LogP contribution in [0.2, 0.25) is 6.55 Å². The van der Waals surface area contributed by atoms with E-state index in [1.165, 1.54) is 11.8 Å². The second-order valence-corrected chi connectivity index (χ2v) is 4.74. The number of hydrogen-bond donors (Lipinski definition) is 0. The van der Waals surface area contributed by atoms with Crippen molar-refractivity contribution in [2.75, 3.05) is 12.0 Å². The summed E-state index contributed by atoms with van der Waals surface area (Å²) in [6.45, 7) is 5.44. The number of rotatable bonds is 6. The van der Waals surface area contributed by atoms with E-state index < -0.39 is 5.97 Å². The van der Waals surface area contributed by atoms with E-state index >= 15 is 0 Å². The Balaban J connectivity index is 3.36. The van der Waals surface area contributed by atoms with Gasteiger partial charge in [0.2, 0.25) is 0 Å². The van der Waals surface area contributed by atoms with Crippen LogP contribution >= 0.6 is 11.8 Å². The fraction of sp³-hybridized carbons (Fsp3) is 0.500. The molecule has 0 bridgehead atoms. The highest BCUT2D eigenvalue weighted by atomic mass is 32.2. The molecule has 0 heterocycles. The molecule has 13 heavy (non-hydrogen) atoms. The lowest BCUT2D eigenvalue weighted by Crippen LogP contribution is -2.06. The summed E-state index contributed by atoms with van der Waals surface area (Å²) in [4.78, 5) is 21.6. The maximum absolute atomic E-state index is 11.0. The number of carbonyl (C=O) groups excluding carboxylic acids is 2. The van der Waals surface area contributed by atoms with Crippen LogP contribution in [0.25, 0.3) is 0 Å². The fourth-order valence-electron chi connectivity index (χ4n) is 0.519. The quantitative estimate of drug-likeness (QED) is 0.378. The number of carbonyl (C=O) groups is 2. The first-order chi connectivity index (χ1) is 6.20. The Hall–Kier alpha value is -0.553. The van der Waals surface area contributed by atoms with Gasteiger partial charge in [-0.2, -0.15) is 0 Å². The van der Waals surface area contributed by atoms with Crippen LogP contribution in [0.15, 0.2) is 12.7 Å². The topological polar surface area (TPSA) is 43.4 Å². The lowest BCUT2D eigenvalue weighted by Gasteiger charge is -2.00. The van der Waals surface area contributed by atoms with Crippen molar-refractivity contribution in [2.45, 2.75) is 13.0 Å². The Bertz CT molecular complexity index is 194. The van der Waals surface area contributed by atoms with Gasteiger partial charge in [-0.1, -0.05) is 24.9 Å². The molecule has 72 valence electrons. The molecule has 0 saturated carbocycles. The number of thioether (sulfide) groups is 1. The van der Waals surface area contributed by atoms with Gasteiger partial charge in [-0.3, -0.25) is 4.79 Å². The van der Waals surface area contributed by atoms with Gasteiger partial charge in [0.25, 0.3) is 0 Å². The SMILES string of the molecule is C=CC(=O)OCCC(=O)SC[Si]C. The number of hydrogen-bond acceptors (Lipinski definition) is 4. The molecule has 0 aliphatic heterocycles. The molecule has 0 spiro atoms. The first-order valence-electron chi connectivity index (χ1n) is 3.80. The molecule has 0 aromatic heterocycles. The minimum atomic E-state index is -0.477. The molecule has 0 aliphatic rings. The molecular formula is C8H12O3SSi. The van der Waals surface area contributed by atoms with Gasteiger partial charge < -0.3 is 4.74 Å². The van der Waals surface area contributed by atoms with Crippen molar-refractivity contribution in [3.63, 3.8) is 0 Å². The Morgan fingerprint density at radius 3 is 2.85 bits per heavy atom. The highest BCUT2D eigenvalue weighted by Gasteiger charge is 2.03. The Morgan fingerprint density at radius 1 is 1.62 bits per heavy atom. The molecule has 0 N–H and O–H groups in total. The molecule has 2 radical (unpaired) electrons. The second-order valence-electron chi connectivity index (χ2n) is 2.14. The zero-order chi connectivity index (χ0) is 10.1. The van der Waals surface area contributed by atoms with Gasteiger partial charge in [0.1, 0.15) is 0 Å². The zero-order valence-corrected chi connectivity index (χ0v) is 9.36. The summed E-state index contributed by atoms with van der Waals surface area (Å²) in [5.74, 6) is -0.477. The molecule has 0 aliphatic carbocycles. The van der Waals surface area contributed by atoms with E-state index in [2.05, 4.69) is 11.3 Å². The minimum Gasteiger partial charge on any atom is -0.462 e. The van der Waals surface area contributed by atoms with Gasteiger partial charge in [0, 0.05) is 15.6 Å². The normalized spacial score (nSPS) is 9.31. The van der Waals surface area contributed by atoms with Crippen LogP contribution in [0.4, 0.5) is 0 Å². The van der Waals surface area contributed by atoms with Crippen LogP contribution in [0.5, 0.6) is 0 Å². The number of esters is 1. The van der Waals surface area contributed by atoms with Crippen molar-refractivity contribution >= 4 is 32.4 Å². The predicted molar refractivity (Wildman–Crippen MR) is 54.9 cm³/mol. The summed E-state index contributed by atoms with van der Waals surface area (Å²) in [6, 6.07) is 0. The maximum Gasteiger partial charge on any atom is 0.330 e. The van der Waals surface area contributed by atoms with E-state index in [9.17, 15) is 9.59 Å². The minimum absolute atomic E-state index is 0.0752. The molecule has 5 heteroatoms. The van der Waals surface area contributed by atoms with E-state index in [0.29, 0.717) is 0 Å². The van der Waals surface area contributed by atoms with E-state index in [0.717, 1.165) is 21.0 Å². The van der Waals surface area contributed by atoms with Crippen molar-refractivity contribution in [1.29, 1.82) is 0 Å². The summed E-state index contributed by atoms with van der Waals surface area (Å²) in [7, 11) is 0.769. The molecule has 0 saturated heterocycles. The molecule has 0 fully saturated rings.